The fourth-order valence-electron chi connectivity index (χ4n) is 2.17. The highest BCUT2D eigenvalue weighted by Crippen LogP contribution is 2.28. The first-order valence-corrected chi connectivity index (χ1v) is 6.79. The lowest BCUT2D eigenvalue weighted by Gasteiger charge is -2.33. The predicted molar refractivity (Wildman–Crippen MR) is 73.8 cm³/mol. The van der Waals surface area contributed by atoms with Crippen molar-refractivity contribution in [3.63, 3.8) is 0 Å². The van der Waals surface area contributed by atoms with Gasteiger partial charge >= 0.3 is 5.97 Å². The lowest BCUT2D eigenvalue weighted by Crippen LogP contribution is -2.40. The smallest absolute Gasteiger partial charge is 0.338 e. The molecule has 104 valence electrons. The molecule has 0 amide bonds. The van der Waals surface area contributed by atoms with Crippen LogP contribution in [0.5, 0.6) is 0 Å². The second-order valence-corrected chi connectivity index (χ2v) is 6.24. The van der Waals surface area contributed by atoms with Crippen LogP contribution in [-0.2, 0) is 11.2 Å². The molecule has 4 heteroatoms. The summed E-state index contributed by atoms with van der Waals surface area (Å²) < 4.78 is 5.35. The minimum atomic E-state index is -0.475. The van der Waals surface area contributed by atoms with E-state index in [0.29, 0.717) is 11.5 Å². The van der Waals surface area contributed by atoms with Gasteiger partial charge in [-0.25, -0.2) is 4.79 Å². The van der Waals surface area contributed by atoms with E-state index in [4.69, 9.17) is 10.5 Å². The van der Waals surface area contributed by atoms with Gasteiger partial charge in [0.15, 0.2) is 0 Å². The van der Waals surface area contributed by atoms with Crippen molar-refractivity contribution in [2.75, 3.05) is 0 Å². The third kappa shape index (κ3) is 3.77. The summed E-state index contributed by atoms with van der Waals surface area (Å²) in [4.78, 5) is 16.3. The molecule has 0 radical (unpaired) electrons. The van der Waals surface area contributed by atoms with E-state index >= 15 is 0 Å². The van der Waals surface area contributed by atoms with Crippen molar-refractivity contribution in [1.82, 2.24) is 4.98 Å². The highest BCUT2D eigenvalue weighted by molar-refractivity contribution is 5.89. The highest BCUT2D eigenvalue weighted by atomic mass is 16.6. The highest BCUT2D eigenvalue weighted by Gasteiger charge is 2.28. The number of pyridine rings is 1. The van der Waals surface area contributed by atoms with Crippen LogP contribution < -0.4 is 5.73 Å². The van der Waals surface area contributed by atoms with Crippen molar-refractivity contribution >= 4 is 5.97 Å². The number of nitrogens with two attached hydrogens (primary N) is 1. The number of carbonyl (C=O) groups is 1. The third-order valence-corrected chi connectivity index (χ3v) is 3.40. The normalized spacial score (nSPS) is 22.7. The van der Waals surface area contributed by atoms with E-state index in [2.05, 4.69) is 4.98 Å². The van der Waals surface area contributed by atoms with Crippen LogP contribution in [0.25, 0.3) is 0 Å². The molecule has 1 aliphatic rings. The fraction of sp³-hybridized carbons (Fsp3) is 0.600. The summed E-state index contributed by atoms with van der Waals surface area (Å²) >= 11 is 0. The van der Waals surface area contributed by atoms with Gasteiger partial charge in [-0.2, -0.15) is 0 Å². The average molecular weight is 262 g/mol. The summed E-state index contributed by atoms with van der Waals surface area (Å²) in [6, 6.07) is 3.80. The van der Waals surface area contributed by atoms with Crippen molar-refractivity contribution in [3.05, 3.63) is 29.6 Å². The molecule has 0 aliphatic heterocycles. The minimum absolute atomic E-state index is 0.284. The molecule has 1 aromatic heterocycles. The molecule has 2 N–H and O–H groups in total. The number of aromatic nitrogens is 1. The lowest BCUT2D eigenvalue weighted by atomic mass is 9.77. The second-order valence-electron chi connectivity index (χ2n) is 6.24. The Bertz CT molecular complexity index is 465. The molecule has 2 atom stereocenters. The van der Waals surface area contributed by atoms with E-state index in [0.717, 1.165) is 25.0 Å². The van der Waals surface area contributed by atoms with E-state index in [1.54, 1.807) is 12.3 Å². The molecular formula is C15H22N2O2. The molecule has 0 spiro atoms. The van der Waals surface area contributed by atoms with Gasteiger partial charge in [-0.15, -0.1) is 0 Å². The fourth-order valence-corrected chi connectivity index (χ4v) is 2.17. The standard InChI is InChI=1S/C15H22N2O2/c1-15(2,3)19-14(18)11-6-7-17-12(9-11)8-10-4-5-13(10)16/h6-7,9-10,13H,4-5,8,16H2,1-3H3/t10-,13?/m1/s1. The summed E-state index contributed by atoms with van der Waals surface area (Å²) in [6.45, 7) is 5.58. The number of hydrogen-bond acceptors (Lipinski definition) is 4. The van der Waals surface area contributed by atoms with Crippen LogP contribution in [0.4, 0.5) is 0 Å². The average Bonchev–Trinajstić information content (AvgIpc) is 2.32. The maximum Gasteiger partial charge on any atom is 0.338 e. The first kappa shape index (κ1) is 14.0. The van der Waals surface area contributed by atoms with Crippen LogP contribution in [0.3, 0.4) is 0 Å². The third-order valence-electron chi connectivity index (χ3n) is 3.40. The quantitative estimate of drug-likeness (QED) is 0.849. The van der Waals surface area contributed by atoms with Crippen LogP contribution in [-0.4, -0.2) is 22.6 Å². The maximum atomic E-state index is 12.0. The zero-order chi connectivity index (χ0) is 14.0. The van der Waals surface area contributed by atoms with Crippen LogP contribution in [0, 0.1) is 5.92 Å². The molecule has 0 saturated heterocycles. The lowest BCUT2D eigenvalue weighted by molar-refractivity contribution is 0.00692. The van der Waals surface area contributed by atoms with E-state index in [-0.39, 0.29) is 12.0 Å². The number of hydrogen-bond donors (Lipinski definition) is 1. The first-order chi connectivity index (χ1) is 8.85. The van der Waals surface area contributed by atoms with Gasteiger partial charge in [0.1, 0.15) is 5.60 Å². The van der Waals surface area contributed by atoms with Gasteiger partial charge in [0.2, 0.25) is 0 Å². The monoisotopic (exact) mass is 262 g/mol. The SMILES string of the molecule is CC(C)(C)OC(=O)c1ccnc(C[C@H]2CCC2N)c1. The first-order valence-electron chi connectivity index (χ1n) is 6.79. The van der Waals surface area contributed by atoms with Crippen molar-refractivity contribution in [2.45, 2.75) is 51.7 Å². The molecular weight excluding hydrogens is 240 g/mol. The van der Waals surface area contributed by atoms with E-state index < -0.39 is 5.60 Å². The van der Waals surface area contributed by atoms with Gasteiger partial charge in [0.25, 0.3) is 0 Å². The van der Waals surface area contributed by atoms with Crippen molar-refractivity contribution in [1.29, 1.82) is 0 Å². The van der Waals surface area contributed by atoms with Gasteiger partial charge in [-0.1, -0.05) is 0 Å². The molecule has 0 bridgehead atoms. The number of carbonyl (C=O) groups excluding carboxylic acids is 1. The molecule has 1 heterocycles. The van der Waals surface area contributed by atoms with Gasteiger partial charge in [-0.3, -0.25) is 4.98 Å². The second kappa shape index (κ2) is 5.29. The van der Waals surface area contributed by atoms with Gasteiger partial charge in [0, 0.05) is 17.9 Å². The van der Waals surface area contributed by atoms with E-state index in [9.17, 15) is 4.79 Å². The topological polar surface area (TPSA) is 65.2 Å². The van der Waals surface area contributed by atoms with Gasteiger partial charge in [-0.05, 0) is 58.1 Å². The summed E-state index contributed by atoms with van der Waals surface area (Å²) in [5.41, 5.74) is 6.94. The van der Waals surface area contributed by atoms with E-state index in [1.807, 2.05) is 26.8 Å². The van der Waals surface area contributed by atoms with E-state index in [1.165, 1.54) is 0 Å². The molecule has 1 aliphatic carbocycles. The Labute approximate surface area is 114 Å². The van der Waals surface area contributed by atoms with Crippen LogP contribution in [0.2, 0.25) is 0 Å². The van der Waals surface area contributed by atoms with Gasteiger partial charge in [0.05, 0.1) is 5.56 Å². The molecule has 19 heavy (non-hydrogen) atoms. The Hall–Kier alpha value is -1.42. The maximum absolute atomic E-state index is 12.0. The summed E-state index contributed by atoms with van der Waals surface area (Å²) in [7, 11) is 0. The van der Waals surface area contributed by atoms with Crippen LogP contribution in [0.15, 0.2) is 18.3 Å². The molecule has 1 aromatic rings. The molecule has 1 fully saturated rings. The van der Waals surface area contributed by atoms with Crippen LogP contribution in [0.1, 0.15) is 49.7 Å². The Morgan fingerprint density at radius 1 is 1.47 bits per heavy atom. The number of rotatable bonds is 3. The minimum Gasteiger partial charge on any atom is -0.456 e. The van der Waals surface area contributed by atoms with Crippen molar-refractivity contribution in [3.8, 4) is 0 Å². The molecule has 4 nitrogen and oxygen atoms in total. The largest absolute Gasteiger partial charge is 0.456 e. The number of esters is 1. The molecule has 1 unspecified atom stereocenters. The van der Waals surface area contributed by atoms with Crippen molar-refractivity contribution in [2.24, 2.45) is 11.7 Å². The van der Waals surface area contributed by atoms with Gasteiger partial charge < -0.3 is 10.5 Å². The molecule has 2 rings (SSSR count). The Kier molecular flexibility index (Phi) is 3.90. The summed E-state index contributed by atoms with van der Waals surface area (Å²) in [6.07, 6.45) is 4.76. The summed E-state index contributed by atoms with van der Waals surface area (Å²) in [5, 5.41) is 0. The Balaban J connectivity index is 2.04. The Morgan fingerprint density at radius 3 is 2.74 bits per heavy atom. The van der Waals surface area contributed by atoms with Crippen LogP contribution >= 0.6 is 0 Å². The summed E-state index contributed by atoms with van der Waals surface area (Å²) in [5.74, 6) is 0.204. The molecule has 0 aromatic carbocycles. The number of ether oxygens (including phenoxy) is 1. The van der Waals surface area contributed by atoms with Crippen molar-refractivity contribution < 1.29 is 9.53 Å². The number of nitrogens with zero attached hydrogens (tertiary/aromatic N) is 1. The predicted octanol–water partition coefficient (Wildman–Crippen LogP) is 2.32. The Morgan fingerprint density at radius 2 is 2.21 bits per heavy atom. The zero-order valence-corrected chi connectivity index (χ0v) is 11.8. The molecule has 1 saturated carbocycles. The zero-order valence-electron chi connectivity index (χ0n) is 11.8.